The van der Waals surface area contributed by atoms with Gasteiger partial charge in [0.05, 0.1) is 12.8 Å². The first-order valence-corrected chi connectivity index (χ1v) is 10.7. The molecule has 8 nitrogen and oxygen atoms in total. The molecule has 0 aliphatic carbocycles. The van der Waals surface area contributed by atoms with Crippen LogP contribution in [0.15, 0.2) is 56.4 Å². The van der Waals surface area contributed by atoms with Gasteiger partial charge >= 0.3 is 0 Å². The SMILES string of the molecule is N#Cc1nc(-c2ccco2)oc1N1CCN(CC(=O)Nc2ccc(SC(F)F)cc2)CC1. The summed E-state index contributed by atoms with van der Waals surface area (Å²) in [6.45, 7) is 2.52. The Bertz CT molecular complexity index is 1090. The van der Waals surface area contributed by atoms with Crippen molar-refractivity contribution >= 4 is 29.2 Å². The van der Waals surface area contributed by atoms with Crippen LogP contribution < -0.4 is 10.2 Å². The Morgan fingerprint density at radius 2 is 1.97 bits per heavy atom. The number of nitrogens with zero attached hydrogens (tertiary/aromatic N) is 4. The second kappa shape index (κ2) is 9.84. The van der Waals surface area contributed by atoms with Crippen LogP contribution in [0.3, 0.4) is 0 Å². The first-order valence-electron chi connectivity index (χ1n) is 9.78. The van der Waals surface area contributed by atoms with E-state index in [1.807, 2.05) is 9.80 Å². The lowest BCUT2D eigenvalue weighted by Crippen LogP contribution is -2.48. The zero-order chi connectivity index (χ0) is 22.5. The average molecular weight is 459 g/mol. The van der Waals surface area contributed by atoms with Gasteiger partial charge in [0.2, 0.25) is 17.5 Å². The Hall–Kier alpha value is -3.36. The topological polar surface area (TPSA) is 98.5 Å². The third-order valence-corrected chi connectivity index (χ3v) is 5.56. The van der Waals surface area contributed by atoms with Gasteiger partial charge in [0.1, 0.15) is 6.07 Å². The number of anilines is 2. The lowest BCUT2D eigenvalue weighted by atomic mass is 10.3. The number of thioether (sulfide) groups is 1. The van der Waals surface area contributed by atoms with Crippen molar-refractivity contribution in [2.24, 2.45) is 0 Å². The van der Waals surface area contributed by atoms with Crippen LogP contribution in [0.4, 0.5) is 20.4 Å². The zero-order valence-electron chi connectivity index (χ0n) is 16.8. The average Bonchev–Trinajstić information content (AvgIpc) is 3.45. The molecule has 1 amide bonds. The maximum atomic E-state index is 12.4. The van der Waals surface area contributed by atoms with Gasteiger partial charge in [-0.1, -0.05) is 11.8 Å². The number of piperazine rings is 1. The summed E-state index contributed by atoms with van der Waals surface area (Å²) >= 11 is 0.460. The van der Waals surface area contributed by atoms with E-state index >= 15 is 0 Å². The van der Waals surface area contributed by atoms with E-state index in [4.69, 9.17) is 8.83 Å². The number of aromatic nitrogens is 1. The Morgan fingerprint density at radius 1 is 1.22 bits per heavy atom. The third-order valence-electron chi connectivity index (χ3n) is 4.84. The van der Waals surface area contributed by atoms with Crippen molar-refractivity contribution in [1.29, 1.82) is 5.26 Å². The molecule has 3 heterocycles. The third kappa shape index (κ3) is 5.27. The molecule has 1 fully saturated rings. The van der Waals surface area contributed by atoms with E-state index in [2.05, 4.69) is 16.4 Å². The molecule has 1 aliphatic heterocycles. The molecule has 3 aromatic rings. The first kappa shape index (κ1) is 21.9. The predicted octanol–water partition coefficient (Wildman–Crippen LogP) is 3.88. The number of furan rings is 1. The van der Waals surface area contributed by atoms with Crippen LogP contribution in [0.25, 0.3) is 11.7 Å². The molecular weight excluding hydrogens is 440 g/mol. The zero-order valence-corrected chi connectivity index (χ0v) is 17.6. The number of alkyl halides is 2. The molecule has 0 saturated carbocycles. The molecule has 0 bridgehead atoms. The summed E-state index contributed by atoms with van der Waals surface area (Å²) in [7, 11) is 0. The minimum Gasteiger partial charge on any atom is -0.459 e. The van der Waals surface area contributed by atoms with Crippen LogP contribution in [-0.4, -0.2) is 54.3 Å². The maximum absolute atomic E-state index is 12.4. The van der Waals surface area contributed by atoms with Crippen LogP contribution in [-0.2, 0) is 4.79 Å². The summed E-state index contributed by atoms with van der Waals surface area (Å²) in [5, 5.41) is 12.2. The summed E-state index contributed by atoms with van der Waals surface area (Å²) < 4.78 is 35.8. The molecule has 166 valence electrons. The van der Waals surface area contributed by atoms with E-state index in [0.717, 1.165) is 0 Å². The molecule has 1 N–H and O–H groups in total. The van der Waals surface area contributed by atoms with E-state index in [0.29, 0.717) is 60.2 Å². The van der Waals surface area contributed by atoms with Crippen molar-refractivity contribution in [3.05, 3.63) is 48.4 Å². The minimum atomic E-state index is -2.48. The Labute approximate surface area is 186 Å². The van der Waals surface area contributed by atoms with Gasteiger partial charge in [-0.25, -0.2) is 0 Å². The fourth-order valence-corrected chi connectivity index (χ4v) is 3.84. The molecule has 0 atom stereocenters. The van der Waals surface area contributed by atoms with Gasteiger partial charge in [0.15, 0.2) is 5.76 Å². The number of hydrogen-bond acceptors (Lipinski definition) is 8. The number of amides is 1. The highest BCUT2D eigenvalue weighted by molar-refractivity contribution is 7.99. The summed E-state index contributed by atoms with van der Waals surface area (Å²) in [5.74, 6) is -1.58. The van der Waals surface area contributed by atoms with E-state index in [1.54, 1.807) is 36.4 Å². The molecule has 4 rings (SSSR count). The molecule has 0 unspecified atom stereocenters. The van der Waals surface area contributed by atoms with Gasteiger partial charge < -0.3 is 19.1 Å². The van der Waals surface area contributed by atoms with Crippen LogP contribution in [0.1, 0.15) is 5.69 Å². The number of nitrogens with one attached hydrogen (secondary N) is 1. The first-order chi connectivity index (χ1) is 15.5. The monoisotopic (exact) mass is 459 g/mol. The number of nitriles is 1. The van der Waals surface area contributed by atoms with E-state index in [9.17, 15) is 18.8 Å². The number of hydrogen-bond donors (Lipinski definition) is 1. The highest BCUT2D eigenvalue weighted by Gasteiger charge is 2.26. The maximum Gasteiger partial charge on any atom is 0.288 e. The smallest absolute Gasteiger partial charge is 0.288 e. The van der Waals surface area contributed by atoms with Crippen molar-refractivity contribution in [3.8, 4) is 17.7 Å². The molecule has 1 saturated heterocycles. The lowest BCUT2D eigenvalue weighted by Gasteiger charge is -2.34. The van der Waals surface area contributed by atoms with Crippen molar-refractivity contribution in [2.75, 3.05) is 42.9 Å². The summed E-state index contributed by atoms with van der Waals surface area (Å²) in [6, 6.07) is 11.8. The summed E-state index contributed by atoms with van der Waals surface area (Å²) in [6.07, 6.45) is 1.51. The largest absolute Gasteiger partial charge is 0.459 e. The lowest BCUT2D eigenvalue weighted by molar-refractivity contribution is -0.117. The number of carbonyl (C=O) groups excluding carboxylic acids is 1. The number of oxazole rings is 1. The molecular formula is C21H19F2N5O3S. The van der Waals surface area contributed by atoms with E-state index in [1.165, 1.54) is 6.26 Å². The van der Waals surface area contributed by atoms with Crippen molar-refractivity contribution in [1.82, 2.24) is 9.88 Å². The molecule has 32 heavy (non-hydrogen) atoms. The van der Waals surface area contributed by atoms with Crippen molar-refractivity contribution in [3.63, 3.8) is 0 Å². The van der Waals surface area contributed by atoms with Crippen LogP contribution in [0.2, 0.25) is 0 Å². The Morgan fingerprint density at radius 3 is 2.59 bits per heavy atom. The van der Waals surface area contributed by atoms with Gasteiger partial charge in [-0.2, -0.15) is 19.0 Å². The van der Waals surface area contributed by atoms with Gasteiger partial charge in [-0.15, -0.1) is 0 Å². The molecule has 0 radical (unpaired) electrons. The minimum absolute atomic E-state index is 0.190. The van der Waals surface area contributed by atoms with E-state index < -0.39 is 5.76 Å². The van der Waals surface area contributed by atoms with Crippen LogP contribution in [0.5, 0.6) is 0 Å². The molecule has 11 heteroatoms. The van der Waals surface area contributed by atoms with Crippen LogP contribution >= 0.6 is 11.8 Å². The van der Waals surface area contributed by atoms with Gasteiger partial charge in [-0.05, 0) is 36.4 Å². The number of carbonyl (C=O) groups is 1. The molecule has 2 aromatic heterocycles. The van der Waals surface area contributed by atoms with Gasteiger partial charge in [0.25, 0.3) is 11.6 Å². The second-order valence-corrected chi connectivity index (χ2v) is 8.04. The number of rotatable bonds is 7. The van der Waals surface area contributed by atoms with Crippen molar-refractivity contribution < 1.29 is 22.4 Å². The Balaban J connectivity index is 1.29. The highest BCUT2D eigenvalue weighted by atomic mass is 32.2. The highest BCUT2D eigenvalue weighted by Crippen LogP contribution is 2.29. The fourth-order valence-electron chi connectivity index (χ4n) is 3.34. The summed E-state index contributed by atoms with van der Waals surface area (Å²) in [5.41, 5.74) is 0.745. The van der Waals surface area contributed by atoms with Crippen molar-refractivity contribution in [2.45, 2.75) is 10.7 Å². The van der Waals surface area contributed by atoms with Gasteiger partial charge in [-0.3, -0.25) is 9.69 Å². The number of benzene rings is 1. The molecule has 1 aromatic carbocycles. The fraction of sp³-hybridized carbons (Fsp3) is 0.286. The predicted molar refractivity (Wildman–Crippen MR) is 115 cm³/mol. The summed E-state index contributed by atoms with van der Waals surface area (Å²) in [4.78, 5) is 20.9. The van der Waals surface area contributed by atoms with Crippen LogP contribution in [0, 0.1) is 11.3 Å². The molecule has 0 spiro atoms. The number of halogens is 2. The van der Waals surface area contributed by atoms with Gasteiger partial charge in [0, 0.05) is 36.8 Å². The normalized spacial score (nSPS) is 14.5. The standard InChI is InChI=1S/C21H19F2N5O3S/c22-21(23)32-15-5-3-14(4-6-15)25-18(29)13-27-7-9-28(10-8-27)20-16(12-24)26-19(31-20)17-2-1-11-30-17/h1-6,11,21H,7-10,13H2,(H,25,29). The molecule has 1 aliphatic rings. The van der Waals surface area contributed by atoms with E-state index in [-0.39, 0.29) is 24.0 Å². The Kier molecular flexibility index (Phi) is 6.72. The second-order valence-electron chi connectivity index (χ2n) is 6.98. The quantitative estimate of drug-likeness (QED) is 0.532.